The van der Waals surface area contributed by atoms with Crippen LogP contribution >= 0.6 is 15.9 Å². The number of fused-ring (bicyclic) bond motifs is 1. The summed E-state index contributed by atoms with van der Waals surface area (Å²) in [6.45, 7) is 2.55. The third kappa shape index (κ3) is 3.90. The number of tetrazole rings is 1. The fourth-order valence-corrected chi connectivity index (χ4v) is 4.98. The molecule has 10 heteroatoms. The number of unbranched alkanes of at least 4 members (excludes halogenated alkanes) is 1. The first-order valence-electron chi connectivity index (χ1n) is 10.9. The molecule has 0 amide bonds. The van der Waals surface area contributed by atoms with Crippen LogP contribution in [0.2, 0.25) is 0 Å². The largest absolute Gasteiger partial charge is 0.476 e. The topological polar surface area (TPSA) is 123 Å². The summed E-state index contributed by atoms with van der Waals surface area (Å²) in [4.78, 5) is 16.0. The van der Waals surface area contributed by atoms with Crippen molar-refractivity contribution in [1.29, 1.82) is 0 Å². The molecular weight excluding hydrogens is 500 g/mol. The van der Waals surface area contributed by atoms with Crippen molar-refractivity contribution in [1.82, 2.24) is 30.2 Å². The monoisotopic (exact) mass is 520 g/mol. The van der Waals surface area contributed by atoms with E-state index in [-0.39, 0.29) is 5.69 Å². The number of carboxylic acids is 1. The number of imidazole rings is 1. The number of aryl methyl sites for hydroxylation is 1. The fourth-order valence-electron chi connectivity index (χ4n) is 4.22. The smallest absolute Gasteiger partial charge is 0.356 e. The van der Waals surface area contributed by atoms with E-state index in [1.807, 2.05) is 34.9 Å². The molecule has 0 fully saturated rings. The number of hydrogen-bond acceptors (Lipinski definition) is 6. The quantitative estimate of drug-likeness (QED) is 0.285. The number of hydrogen-bond donors (Lipinski definition) is 2. The van der Waals surface area contributed by atoms with Gasteiger partial charge < -0.3 is 14.1 Å². The molecule has 5 rings (SSSR count). The molecule has 2 aliphatic rings. The second-order valence-corrected chi connectivity index (χ2v) is 8.70. The molecule has 9 nitrogen and oxygen atoms in total. The van der Waals surface area contributed by atoms with Gasteiger partial charge in [-0.3, -0.25) is 0 Å². The highest BCUT2D eigenvalue weighted by atomic mass is 79.9. The molecule has 0 saturated heterocycles. The summed E-state index contributed by atoms with van der Waals surface area (Å²) in [7, 11) is 0. The van der Waals surface area contributed by atoms with E-state index in [0.29, 0.717) is 18.8 Å². The second kappa shape index (κ2) is 9.22. The summed E-state index contributed by atoms with van der Waals surface area (Å²) in [5.41, 5.74) is 5.70. The Morgan fingerprint density at radius 3 is 2.74 bits per heavy atom. The van der Waals surface area contributed by atoms with Crippen molar-refractivity contribution in [3.63, 3.8) is 0 Å². The number of H-pyrrole nitrogens is 1. The number of aromatic carboxylic acids is 1. The number of rotatable bonds is 8. The van der Waals surface area contributed by atoms with E-state index >= 15 is 0 Å². The lowest BCUT2D eigenvalue weighted by Crippen LogP contribution is -2.05. The molecule has 0 bridgehead atoms. The zero-order chi connectivity index (χ0) is 23.7. The lowest BCUT2D eigenvalue weighted by Gasteiger charge is -2.13. The lowest BCUT2D eigenvalue weighted by atomic mass is 9.97. The molecule has 172 valence electrons. The highest BCUT2D eigenvalue weighted by Crippen LogP contribution is 2.48. The fraction of sp³-hybridized carbons (Fsp3) is 0.208. The van der Waals surface area contributed by atoms with E-state index in [0.717, 1.165) is 56.5 Å². The predicted octanol–water partition coefficient (Wildman–Crippen LogP) is 5.28. The number of halogens is 1. The van der Waals surface area contributed by atoms with Crippen LogP contribution in [0.15, 0.2) is 57.9 Å². The number of carboxylic acid groups (broad SMARTS) is 1. The van der Waals surface area contributed by atoms with Crippen LogP contribution in [0.4, 0.5) is 0 Å². The zero-order valence-corrected chi connectivity index (χ0v) is 19.9. The molecule has 2 aromatic heterocycles. The minimum absolute atomic E-state index is 0.0461. The maximum atomic E-state index is 11.7. The van der Waals surface area contributed by atoms with Crippen molar-refractivity contribution in [2.75, 3.05) is 0 Å². The van der Waals surface area contributed by atoms with Gasteiger partial charge in [-0.25, -0.2) is 9.78 Å². The molecule has 3 aromatic rings. The van der Waals surface area contributed by atoms with E-state index in [1.54, 1.807) is 18.7 Å². The van der Waals surface area contributed by atoms with Crippen LogP contribution in [-0.4, -0.2) is 41.3 Å². The SMILES string of the molecule is CCCCc1nc(C(=O)O)cn1Cc1c2ccocc-2c(Br)c1-c1ccccc1-c1nn[nH]n1. The third-order valence-corrected chi connectivity index (χ3v) is 6.64. The van der Waals surface area contributed by atoms with Crippen molar-refractivity contribution in [3.05, 3.63) is 70.6 Å². The van der Waals surface area contributed by atoms with Crippen molar-refractivity contribution >= 4 is 21.9 Å². The lowest BCUT2D eigenvalue weighted by molar-refractivity contribution is 0.0691. The Labute approximate surface area is 203 Å². The van der Waals surface area contributed by atoms with Gasteiger partial charge in [0.15, 0.2) is 5.69 Å². The van der Waals surface area contributed by atoms with Crippen LogP contribution in [-0.2, 0) is 13.0 Å². The summed E-state index contributed by atoms with van der Waals surface area (Å²) < 4.78 is 8.29. The van der Waals surface area contributed by atoms with Gasteiger partial charge in [0, 0.05) is 33.8 Å². The summed E-state index contributed by atoms with van der Waals surface area (Å²) in [6.07, 6.45) is 7.58. The molecule has 0 atom stereocenters. The standard InChI is InChI=1S/C24H21BrN6O3/c1-2-3-8-20-26-19(24(32)33)12-31(20)11-17-14-9-10-34-13-18(14)22(25)21(17)15-6-4-5-7-16(15)23-27-29-30-28-23/h4-7,9-10,12-13H,2-3,8,11H2,1H3,(H,32,33)(H,27,28,29,30). The van der Waals surface area contributed by atoms with E-state index in [9.17, 15) is 9.90 Å². The average Bonchev–Trinajstić information content (AvgIpc) is 3.58. The number of nitrogens with one attached hydrogen (secondary N) is 1. The highest BCUT2D eigenvalue weighted by molar-refractivity contribution is 9.10. The Morgan fingerprint density at radius 1 is 1.18 bits per heavy atom. The van der Waals surface area contributed by atoms with Gasteiger partial charge in [-0.2, -0.15) is 5.21 Å². The molecule has 2 N–H and O–H groups in total. The Hall–Kier alpha value is -3.79. The van der Waals surface area contributed by atoms with Crippen molar-refractivity contribution in [2.24, 2.45) is 0 Å². The number of aromatic nitrogens is 6. The van der Waals surface area contributed by atoms with Crippen LogP contribution in [0, 0.1) is 0 Å². The highest BCUT2D eigenvalue weighted by Gasteiger charge is 2.27. The Balaban J connectivity index is 1.71. The van der Waals surface area contributed by atoms with Gasteiger partial charge in [-0.05, 0) is 50.3 Å². The maximum absolute atomic E-state index is 11.7. The summed E-state index contributed by atoms with van der Waals surface area (Å²) in [5, 5.41) is 24.1. The summed E-state index contributed by atoms with van der Waals surface area (Å²) in [6, 6.07) is 9.78. The maximum Gasteiger partial charge on any atom is 0.356 e. The Bertz CT molecular complexity index is 1420. The van der Waals surface area contributed by atoms with Gasteiger partial charge in [0.1, 0.15) is 5.82 Å². The van der Waals surface area contributed by atoms with Crippen LogP contribution in [0.3, 0.4) is 0 Å². The van der Waals surface area contributed by atoms with E-state index in [2.05, 4.69) is 48.5 Å². The summed E-state index contributed by atoms with van der Waals surface area (Å²) in [5.74, 6) is 0.206. The van der Waals surface area contributed by atoms with Crippen LogP contribution < -0.4 is 0 Å². The minimum Gasteiger partial charge on any atom is -0.476 e. The van der Waals surface area contributed by atoms with Crippen molar-refractivity contribution < 1.29 is 14.3 Å². The van der Waals surface area contributed by atoms with E-state index in [4.69, 9.17) is 4.42 Å². The van der Waals surface area contributed by atoms with E-state index < -0.39 is 5.97 Å². The zero-order valence-electron chi connectivity index (χ0n) is 18.3. The molecule has 1 aromatic carbocycles. The number of benzene rings is 1. The molecular formula is C24H21BrN6O3. The minimum atomic E-state index is -1.04. The van der Waals surface area contributed by atoms with Crippen molar-refractivity contribution in [2.45, 2.75) is 32.7 Å². The number of aromatic amines is 1. The predicted molar refractivity (Wildman–Crippen MR) is 129 cm³/mol. The Kier molecular flexibility index (Phi) is 5.97. The van der Waals surface area contributed by atoms with Crippen LogP contribution in [0.1, 0.15) is 41.6 Å². The van der Waals surface area contributed by atoms with Gasteiger partial charge >= 0.3 is 5.97 Å². The second-order valence-electron chi connectivity index (χ2n) is 7.91. The molecule has 1 aliphatic heterocycles. The number of carbonyl (C=O) groups is 1. The number of nitrogens with zero attached hydrogens (tertiary/aromatic N) is 5. The van der Waals surface area contributed by atoms with Crippen LogP contribution in [0.5, 0.6) is 0 Å². The molecule has 34 heavy (non-hydrogen) atoms. The third-order valence-electron chi connectivity index (χ3n) is 5.82. The first-order chi connectivity index (χ1) is 16.6. The normalized spacial score (nSPS) is 11.4. The molecule has 1 aliphatic carbocycles. The molecule has 3 heterocycles. The van der Waals surface area contributed by atoms with Crippen LogP contribution in [0.25, 0.3) is 33.6 Å². The first kappa shape index (κ1) is 22.0. The molecule has 0 unspecified atom stereocenters. The molecule has 0 spiro atoms. The van der Waals surface area contributed by atoms with E-state index in [1.165, 1.54) is 0 Å². The molecule has 0 saturated carbocycles. The average molecular weight is 521 g/mol. The van der Waals surface area contributed by atoms with Gasteiger partial charge in [-0.1, -0.05) is 37.6 Å². The molecule has 0 radical (unpaired) electrons. The first-order valence-corrected chi connectivity index (χ1v) is 11.7. The van der Waals surface area contributed by atoms with Gasteiger partial charge in [0.2, 0.25) is 5.82 Å². The van der Waals surface area contributed by atoms with Gasteiger partial charge in [0.05, 0.1) is 19.1 Å². The van der Waals surface area contributed by atoms with Gasteiger partial charge in [0.25, 0.3) is 0 Å². The van der Waals surface area contributed by atoms with Gasteiger partial charge in [-0.15, -0.1) is 10.2 Å². The summed E-state index contributed by atoms with van der Waals surface area (Å²) >= 11 is 3.80. The Morgan fingerprint density at radius 2 is 2.00 bits per heavy atom. The van der Waals surface area contributed by atoms with Crippen molar-refractivity contribution in [3.8, 4) is 33.6 Å².